The van der Waals surface area contributed by atoms with Gasteiger partial charge in [-0.1, -0.05) is 35.3 Å². The number of aromatic nitrogens is 1. The molecule has 5 heteroatoms. The topological polar surface area (TPSA) is 22.1 Å². The summed E-state index contributed by atoms with van der Waals surface area (Å²) in [5, 5.41) is 0.645. The van der Waals surface area contributed by atoms with Crippen molar-refractivity contribution in [2.45, 2.75) is 0 Å². The quantitative estimate of drug-likeness (QED) is 0.817. The van der Waals surface area contributed by atoms with Gasteiger partial charge in [0.25, 0.3) is 0 Å². The van der Waals surface area contributed by atoms with Gasteiger partial charge in [-0.3, -0.25) is 0 Å². The van der Waals surface area contributed by atoms with Crippen LogP contribution in [-0.4, -0.2) is 12.1 Å². The van der Waals surface area contributed by atoms with Gasteiger partial charge in [-0.25, -0.2) is 9.37 Å². The van der Waals surface area contributed by atoms with E-state index in [0.29, 0.717) is 16.3 Å². The highest BCUT2D eigenvalue weighted by molar-refractivity contribution is 6.43. The molecule has 0 N–H and O–H groups in total. The smallest absolute Gasteiger partial charge is 0.153 e. The van der Waals surface area contributed by atoms with Gasteiger partial charge in [-0.05, 0) is 6.07 Å². The number of methoxy groups -OCH3 is 1. The number of rotatable bonds is 2. The molecule has 0 aliphatic heterocycles. The average molecular weight is 272 g/mol. The van der Waals surface area contributed by atoms with Crippen molar-refractivity contribution < 1.29 is 9.13 Å². The van der Waals surface area contributed by atoms with E-state index in [1.807, 2.05) is 0 Å². The van der Waals surface area contributed by atoms with Crippen molar-refractivity contribution in [3.63, 3.8) is 0 Å². The first kappa shape index (κ1) is 12.1. The Morgan fingerprint density at radius 2 is 2.06 bits per heavy atom. The third-order valence-corrected chi connectivity index (χ3v) is 3.08. The second kappa shape index (κ2) is 4.90. The lowest BCUT2D eigenvalue weighted by molar-refractivity contribution is 0.409. The zero-order chi connectivity index (χ0) is 12.4. The summed E-state index contributed by atoms with van der Waals surface area (Å²) in [6, 6.07) is 6.23. The van der Waals surface area contributed by atoms with Crippen LogP contribution in [0.4, 0.5) is 4.39 Å². The van der Waals surface area contributed by atoms with Gasteiger partial charge in [-0.15, -0.1) is 0 Å². The molecule has 0 spiro atoms. The van der Waals surface area contributed by atoms with E-state index in [9.17, 15) is 4.39 Å². The van der Waals surface area contributed by atoms with E-state index in [0.717, 1.165) is 0 Å². The van der Waals surface area contributed by atoms with Crippen molar-refractivity contribution in [2.75, 3.05) is 7.11 Å². The first-order valence-corrected chi connectivity index (χ1v) is 5.53. The highest BCUT2D eigenvalue weighted by Gasteiger charge is 2.13. The van der Waals surface area contributed by atoms with E-state index in [2.05, 4.69) is 4.98 Å². The molecule has 0 atom stereocenters. The van der Waals surface area contributed by atoms with E-state index < -0.39 is 5.82 Å². The molecule has 0 fully saturated rings. The van der Waals surface area contributed by atoms with Crippen LogP contribution < -0.4 is 4.74 Å². The molecule has 88 valence electrons. The monoisotopic (exact) mass is 271 g/mol. The van der Waals surface area contributed by atoms with Crippen molar-refractivity contribution in [1.82, 2.24) is 4.98 Å². The Labute approximate surface area is 108 Å². The maximum absolute atomic E-state index is 13.8. The van der Waals surface area contributed by atoms with Crippen LogP contribution in [-0.2, 0) is 0 Å². The Balaban J connectivity index is 2.57. The van der Waals surface area contributed by atoms with Crippen molar-refractivity contribution in [3.05, 3.63) is 46.3 Å². The van der Waals surface area contributed by atoms with Gasteiger partial charge in [0.05, 0.1) is 23.4 Å². The lowest BCUT2D eigenvalue weighted by atomic mass is 10.1. The molecule has 0 saturated heterocycles. The highest BCUT2D eigenvalue weighted by atomic mass is 35.5. The molecule has 2 nitrogen and oxygen atoms in total. The number of ether oxygens (including phenoxy) is 1. The van der Waals surface area contributed by atoms with E-state index >= 15 is 0 Å². The molecule has 1 aromatic carbocycles. The molecule has 0 amide bonds. The molecule has 2 rings (SSSR count). The number of benzene rings is 1. The van der Waals surface area contributed by atoms with Crippen molar-refractivity contribution >= 4 is 23.2 Å². The molecular weight excluding hydrogens is 264 g/mol. The average Bonchev–Trinajstić information content (AvgIpc) is 2.33. The van der Waals surface area contributed by atoms with Gasteiger partial charge >= 0.3 is 0 Å². The summed E-state index contributed by atoms with van der Waals surface area (Å²) in [4.78, 5) is 3.98. The number of nitrogens with zero attached hydrogens (tertiary/aromatic N) is 1. The first-order valence-electron chi connectivity index (χ1n) is 4.77. The highest BCUT2D eigenvalue weighted by Crippen LogP contribution is 2.34. The summed E-state index contributed by atoms with van der Waals surface area (Å²) < 4.78 is 18.7. The molecule has 0 aliphatic carbocycles. The van der Waals surface area contributed by atoms with Crippen LogP contribution in [0.25, 0.3) is 11.3 Å². The lowest BCUT2D eigenvalue weighted by Gasteiger charge is -2.07. The molecule has 2 aromatic rings. The minimum absolute atomic E-state index is 0.151. The fourth-order valence-corrected chi connectivity index (χ4v) is 1.81. The molecule has 0 aliphatic rings. The molecular formula is C12H8Cl2FNO. The number of hydrogen-bond acceptors (Lipinski definition) is 2. The number of pyridine rings is 1. The van der Waals surface area contributed by atoms with Crippen LogP contribution in [0.3, 0.4) is 0 Å². The maximum Gasteiger partial charge on any atom is 0.153 e. The van der Waals surface area contributed by atoms with Gasteiger partial charge in [0.1, 0.15) is 11.4 Å². The number of halogens is 3. The lowest BCUT2D eigenvalue weighted by Crippen LogP contribution is -1.93. The summed E-state index contributed by atoms with van der Waals surface area (Å²) >= 11 is 11.9. The summed E-state index contributed by atoms with van der Waals surface area (Å²) in [5.41, 5.74) is 0.609. The van der Waals surface area contributed by atoms with E-state index in [1.54, 1.807) is 18.2 Å². The second-order valence-electron chi connectivity index (χ2n) is 3.31. The number of hydrogen-bond donors (Lipinski definition) is 0. The Morgan fingerprint density at radius 3 is 2.71 bits per heavy atom. The Hall–Kier alpha value is -1.32. The first-order chi connectivity index (χ1) is 8.13. The van der Waals surface area contributed by atoms with Gasteiger partial charge in [-0.2, -0.15) is 0 Å². The summed E-state index contributed by atoms with van der Waals surface area (Å²) in [6.07, 6.45) is 1.43. The summed E-state index contributed by atoms with van der Waals surface area (Å²) in [5.74, 6) is -0.155. The van der Waals surface area contributed by atoms with Gasteiger partial charge in [0.15, 0.2) is 5.82 Å². The minimum Gasteiger partial charge on any atom is -0.495 e. The minimum atomic E-state index is -0.506. The van der Waals surface area contributed by atoms with Crippen LogP contribution in [0.5, 0.6) is 5.75 Å². The van der Waals surface area contributed by atoms with E-state index in [-0.39, 0.29) is 10.7 Å². The van der Waals surface area contributed by atoms with Crippen LogP contribution in [0, 0.1) is 5.82 Å². The van der Waals surface area contributed by atoms with E-state index in [1.165, 1.54) is 19.4 Å². The Bertz CT molecular complexity index is 560. The summed E-state index contributed by atoms with van der Waals surface area (Å²) in [6.45, 7) is 0. The zero-order valence-electron chi connectivity index (χ0n) is 8.88. The Morgan fingerprint density at radius 1 is 1.29 bits per heavy atom. The standard InChI is InChI=1S/C12H8Cl2FNO/c1-17-7-5-10(15)12(16-6-7)8-3-2-4-9(13)11(8)14/h2-6H,1H3. The SMILES string of the molecule is COc1cnc(-c2cccc(Cl)c2Cl)c(F)c1. The summed E-state index contributed by atoms with van der Waals surface area (Å²) in [7, 11) is 1.45. The predicted molar refractivity (Wildman–Crippen MR) is 66.2 cm³/mol. The van der Waals surface area contributed by atoms with Crippen LogP contribution in [0.2, 0.25) is 10.0 Å². The van der Waals surface area contributed by atoms with E-state index in [4.69, 9.17) is 27.9 Å². The zero-order valence-corrected chi connectivity index (χ0v) is 10.4. The van der Waals surface area contributed by atoms with Crippen molar-refractivity contribution in [2.24, 2.45) is 0 Å². The molecule has 0 unspecified atom stereocenters. The normalized spacial score (nSPS) is 10.4. The van der Waals surface area contributed by atoms with Gasteiger partial charge < -0.3 is 4.74 Å². The third kappa shape index (κ3) is 2.35. The van der Waals surface area contributed by atoms with Crippen LogP contribution >= 0.6 is 23.2 Å². The molecule has 0 saturated carbocycles. The van der Waals surface area contributed by atoms with Gasteiger partial charge in [0, 0.05) is 11.6 Å². The second-order valence-corrected chi connectivity index (χ2v) is 4.09. The van der Waals surface area contributed by atoms with Crippen LogP contribution in [0.1, 0.15) is 0 Å². The molecule has 0 radical (unpaired) electrons. The Kier molecular flexibility index (Phi) is 3.50. The fraction of sp³-hybridized carbons (Fsp3) is 0.0833. The van der Waals surface area contributed by atoms with Crippen LogP contribution in [0.15, 0.2) is 30.5 Å². The van der Waals surface area contributed by atoms with Crippen molar-refractivity contribution in [1.29, 1.82) is 0 Å². The molecule has 1 heterocycles. The van der Waals surface area contributed by atoms with Gasteiger partial charge in [0.2, 0.25) is 0 Å². The predicted octanol–water partition coefficient (Wildman–Crippen LogP) is 4.20. The fourth-order valence-electron chi connectivity index (χ4n) is 1.42. The largest absolute Gasteiger partial charge is 0.495 e. The third-order valence-electron chi connectivity index (χ3n) is 2.26. The molecule has 1 aromatic heterocycles. The molecule has 17 heavy (non-hydrogen) atoms. The molecule has 0 bridgehead atoms. The van der Waals surface area contributed by atoms with Crippen molar-refractivity contribution in [3.8, 4) is 17.0 Å². The maximum atomic E-state index is 13.8.